The molecule has 0 saturated heterocycles. The van der Waals surface area contributed by atoms with E-state index in [9.17, 15) is 0 Å². The topological polar surface area (TPSA) is 15.7 Å². The summed E-state index contributed by atoms with van der Waals surface area (Å²) < 4.78 is 0. The predicted octanol–water partition coefficient (Wildman–Crippen LogP) is 1.58. The Morgan fingerprint density at radius 2 is 2.18 bits per heavy atom. The van der Waals surface area contributed by atoms with Crippen LogP contribution in [-0.2, 0) is 4.84 Å². The van der Waals surface area contributed by atoms with Crippen LogP contribution in [0.4, 0.5) is 0 Å². The number of hydrogen-bond acceptors (Lipinski definition) is 3. The van der Waals surface area contributed by atoms with Gasteiger partial charge >= 0.3 is 0 Å². The maximum atomic E-state index is 4.99. The first-order chi connectivity index (χ1) is 4.86. The Morgan fingerprint density at radius 1 is 1.45 bits per heavy atom. The zero-order valence-electron chi connectivity index (χ0n) is 6.99. The molecule has 0 atom stereocenters. The number of nitrogens with zero attached hydrogens (tertiary/aromatic N) is 2. The summed E-state index contributed by atoms with van der Waals surface area (Å²) in [5, 5.41) is 1.80. The van der Waals surface area contributed by atoms with E-state index in [1.54, 1.807) is 12.2 Å². The average molecular weight is 223 g/mol. The van der Waals surface area contributed by atoms with E-state index < -0.39 is 0 Å². The number of halogens is 1. The van der Waals surface area contributed by atoms with Gasteiger partial charge < -0.3 is 4.90 Å². The van der Waals surface area contributed by atoms with Gasteiger partial charge in [0.05, 0.1) is 7.11 Å². The van der Waals surface area contributed by atoms with E-state index >= 15 is 0 Å². The molecule has 11 heavy (non-hydrogen) atoms. The summed E-state index contributed by atoms with van der Waals surface area (Å²) in [6.07, 6.45) is 5.17. The molecule has 0 aromatic heterocycles. The molecule has 3 nitrogen and oxygen atoms in total. The van der Waals surface area contributed by atoms with E-state index in [4.69, 9.17) is 4.84 Å². The Bertz CT molecular complexity index is 130. The van der Waals surface area contributed by atoms with E-state index in [2.05, 4.69) is 11.8 Å². The third-order valence-electron chi connectivity index (χ3n) is 1.51. The monoisotopic (exact) mass is 222 g/mol. The minimum absolute atomic E-state index is 0. The van der Waals surface area contributed by atoms with Crippen molar-refractivity contribution in [3.05, 3.63) is 12.4 Å². The van der Waals surface area contributed by atoms with Crippen molar-refractivity contribution in [2.24, 2.45) is 0 Å². The molecule has 0 radical (unpaired) electrons. The van der Waals surface area contributed by atoms with E-state index in [-0.39, 0.29) is 17.0 Å². The number of rotatable bonds is 3. The van der Waals surface area contributed by atoms with Gasteiger partial charge in [-0.15, -0.1) is 17.0 Å². The summed E-state index contributed by atoms with van der Waals surface area (Å²) in [6, 6.07) is 0. The van der Waals surface area contributed by atoms with Crippen LogP contribution in [0.2, 0.25) is 0 Å². The molecule has 0 spiro atoms. The average Bonchev–Trinajstić information content (AvgIpc) is 2.37. The molecule has 0 bridgehead atoms. The van der Waals surface area contributed by atoms with Gasteiger partial charge in [0.25, 0.3) is 0 Å². The van der Waals surface area contributed by atoms with Crippen molar-refractivity contribution in [3.63, 3.8) is 0 Å². The first-order valence-electron chi connectivity index (χ1n) is 3.60. The molecule has 0 aromatic rings. The largest absolute Gasteiger partial charge is 0.357 e. The van der Waals surface area contributed by atoms with Gasteiger partial charge in [0.2, 0.25) is 0 Å². The molecule has 1 heterocycles. The Labute approximate surface area is 78.3 Å². The van der Waals surface area contributed by atoms with Crippen LogP contribution >= 0.6 is 17.0 Å². The van der Waals surface area contributed by atoms with E-state index in [1.165, 1.54) is 6.42 Å². The molecule has 1 rings (SSSR count). The van der Waals surface area contributed by atoms with Crippen LogP contribution in [-0.4, -0.2) is 30.3 Å². The highest BCUT2D eigenvalue weighted by Gasteiger charge is 2.08. The van der Waals surface area contributed by atoms with Gasteiger partial charge in [-0.25, -0.2) is 5.06 Å². The van der Waals surface area contributed by atoms with Crippen molar-refractivity contribution < 1.29 is 4.84 Å². The zero-order valence-corrected chi connectivity index (χ0v) is 8.70. The van der Waals surface area contributed by atoms with Gasteiger partial charge in [-0.3, -0.25) is 4.84 Å². The lowest BCUT2D eigenvalue weighted by molar-refractivity contribution is -0.0977. The van der Waals surface area contributed by atoms with Gasteiger partial charge in [-0.2, -0.15) is 0 Å². The van der Waals surface area contributed by atoms with Crippen LogP contribution in [0.15, 0.2) is 12.4 Å². The Morgan fingerprint density at radius 3 is 2.64 bits per heavy atom. The summed E-state index contributed by atoms with van der Waals surface area (Å²) in [6.45, 7) is 4.14. The first kappa shape index (κ1) is 10.8. The summed E-state index contributed by atoms with van der Waals surface area (Å²) in [5.74, 6) is 0. The predicted molar refractivity (Wildman–Crippen MR) is 50.2 cm³/mol. The van der Waals surface area contributed by atoms with Gasteiger partial charge in [0, 0.05) is 18.9 Å². The SMILES string of the molecule is Br.CCCN1C=CN(OC)C1. The van der Waals surface area contributed by atoms with Crippen molar-refractivity contribution >= 4 is 17.0 Å². The maximum absolute atomic E-state index is 4.99. The van der Waals surface area contributed by atoms with Crippen LogP contribution < -0.4 is 0 Å². The molecule has 0 aliphatic carbocycles. The minimum Gasteiger partial charge on any atom is -0.357 e. The fourth-order valence-corrected chi connectivity index (χ4v) is 0.993. The Hall–Kier alpha value is -0.220. The van der Waals surface area contributed by atoms with Crippen molar-refractivity contribution in [1.29, 1.82) is 0 Å². The van der Waals surface area contributed by atoms with Crippen LogP contribution in [0.1, 0.15) is 13.3 Å². The maximum Gasteiger partial charge on any atom is 0.115 e. The third kappa shape index (κ3) is 3.12. The molecule has 0 saturated carbocycles. The minimum atomic E-state index is 0. The number of hydroxylamine groups is 2. The standard InChI is InChI=1S/C7H14N2O.BrH/c1-3-4-8-5-6-9(7-8)10-2;/h5-6H,3-4,7H2,1-2H3;1H. The van der Waals surface area contributed by atoms with Crippen molar-refractivity contribution in [2.45, 2.75) is 13.3 Å². The van der Waals surface area contributed by atoms with Gasteiger partial charge in [0.1, 0.15) is 6.67 Å². The van der Waals surface area contributed by atoms with Crippen molar-refractivity contribution in [2.75, 3.05) is 20.3 Å². The molecule has 0 N–H and O–H groups in total. The van der Waals surface area contributed by atoms with Crippen molar-refractivity contribution in [3.8, 4) is 0 Å². The van der Waals surface area contributed by atoms with Crippen LogP contribution in [0.3, 0.4) is 0 Å². The van der Waals surface area contributed by atoms with Crippen LogP contribution in [0, 0.1) is 0 Å². The third-order valence-corrected chi connectivity index (χ3v) is 1.51. The molecule has 0 unspecified atom stereocenters. The van der Waals surface area contributed by atoms with Crippen LogP contribution in [0.25, 0.3) is 0 Å². The van der Waals surface area contributed by atoms with E-state index in [0.717, 1.165) is 13.2 Å². The molecular weight excluding hydrogens is 208 g/mol. The molecule has 66 valence electrons. The second-order valence-corrected chi connectivity index (χ2v) is 2.35. The van der Waals surface area contributed by atoms with Gasteiger partial charge in [-0.1, -0.05) is 6.92 Å². The molecule has 0 aromatic carbocycles. The normalized spacial score (nSPS) is 15.5. The Balaban J connectivity index is 0.000001000. The lowest BCUT2D eigenvalue weighted by Crippen LogP contribution is -2.24. The van der Waals surface area contributed by atoms with Gasteiger partial charge in [-0.05, 0) is 6.42 Å². The highest BCUT2D eigenvalue weighted by molar-refractivity contribution is 8.93. The molecule has 4 heteroatoms. The molecule has 0 amide bonds. The highest BCUT2D eigenvalue weighted by atomic mass is 79.9. The zero-order chi connectivity index (χ0) is 7.40. The quantitative estimate of drug-likeness (QED) is 0.722. The summed E-state index contributed by atoms with van der Waals surface area (Å²) in [7, 11) is 1.68. The molecule has 1 aliphatic heterocycles. The van der Waals surface area contributed by atoms with E-state index in [0.29, 0.717) is 0 Å². The van der Waals surface area contributed by atoms with Crippen molar-refractivity contribution in [1.82, 2.24) is 9.96 Å². The molecule has 1 aliphatic rings. The fourth-order valence-electron chi connectivity index (χ4n) is 0.993. The molecular formula is C7H15BrN2O. The first-order valence-corrected chi connectivity index (χ1v) is 3.60. The summed E-state index contributed by atoms with van der Waals surface area (Å²) in [5.41, 5.74) is 0. The summed E-state index contributed by atoms with van der Waals surface area (Å²) >= 11 is 0. The lowest BCUT2D eigenvalue weighted by atomic mass is 10.4. The second kappa shape index (κ2) is 5.43. The van der Waals surface area contributed by atoms with Crippen LogP contribution in [0.5, 0.6) is 0 Å². The second-order valence-electron chi connectivity index (χ2n) is 2.35. The Kier molecular flexibility index (Phi) is 5.32. The fraction of sp³-hybridized carbons (Fsp3) is 0.714. The van der Waals surface area contributed by atoms with E-state index in [1.807, 2.05) is 12.4 Å². The van der Waals surface area contributed by atoms with Gasteiger partial charge in [0.15, 0.2) is 0 Å². The molecule has 0 fully saturated rings. The highest BCUT2D eigenvalue weighted by Crippen LogP contribution is 2.05. The number of hydrogen-bond donors (Lipinski definition) is 0. The smallest absolute Gasteiger partial charge is 0.115 e. The lowest BCUT2D eigenvalue weighted by Gasteiger charge is -2.17. The summed E-state index contributed by atoms with van der Waals surface area (Å²) in [4.78, 5) is 7.20.